The second kappa shape index (κ2) is 7.05. The Bertz CT molecular complexity index is 698. The summed E-state index contributed by atoms with van der Waals surface area (Å²) in [6.07, 6.45) is 3.06. The lowest BCUT2D eigenvalue weighted by Crippen LogP contribution is -3.00. The van der Waals surface area contributed by atoms with Crippen molar-refractivity contribution in [2.24, 2.45) is 0 Å². The number of halogens is 1. The van der Waals surface area contributed by atoms with Crippen LogP contribution < -0.4 is 17.0 Å². The van der Waals surface area contributed by atoms with Crippen LogP contribution in [0.15, 0.2) is 42.6 Å². The van der Waals surface area contributed by atoms with Gasteiger partial charge in [0.15, 0.2) is 12.3 Å². The van der Waals surface area contributed by atoms with Crippen molar-refractivity contribution in [3.05, 3.63) is 59.4 Å². The molecule has 3 rings (SSSR count). The summed E-state index contributed by atoms with van der Waals surface area (Å²) in [4.78, 5) is 12.5. The third-order valence-electron chi connectivity index (χ3n) is 4.16. The van der Waals surface area contributed by atoms with E-state index in [0.717, 1.165) is 25.1 Å². The summed E-state index contributed by atoms with van der Waals surface area (Å²) >= 11 is 0. The van der Waals surface area contributed by atoms with Gasteiger partial charge in [0.1, 0.15) is 5.69 Å². The molecule has 2 aromatic rings. The Balaban J connectivity index is 0.00000176. The summed E-state index contributed by atoms with van der Waals surface area (Å²) < 4.78 is 4.50. The van der Waals surface area contributed by atoms with E-state index in [9.17, 15) is 4.79 Å². The van der Waals surface area contributed by atoms with Crippen LogP contribution in [-0.4, -0.2) is 33.7 Å². The Labute approximate surface area is 142 Å². The third kappa shape index (κ3) is 3.22. The predicted molar refractivity (Wildman–Crippen MR) is 84.3 cm³/mol. The molecular formula is C18H21BrN2O. The van der Waals surface area contributed by atoms with Crippen molar-refractivity contribution in [1.82, 2.24) is 4.57 Å². The maximum Gasteiger partial charge on any atom is 0.227 e. The highest BCUT2D eigenvalue weighted by atomic mass is 79.9. The van der Waals surface area contributed by atoms with Crippen molar-refractivity contribution in [2.75, 3.05) is 13.1 Å². The smallest absolute Gasteiger partial charge is 0.227 e. The molecule has 0 radical (unpaired) electrons. The van der Waals surface area contributed by atoms with Gasteiger partial charge < -0.3 is 21.5 Å². The lowest BCUT2D eigenvalue weighted by atomic mass is 10.1. The number of rotatable bonds is 4. The minimum Gasteiger partial charge on any atom is -1.00 e. The van der Waals surface area contributed by atoms with E-state index in [2.05, 4.69) is 34.4 Å². The van der Waals surface area contributed by atoms with Gasteiger partial charge in [-0.05, 0) is 19.1 Å². The van der Waals surface area contributed by atoms with E-state index < -0.39 is 0 Å². The van der Waals surface area contributed by atoms with E-state index in [1.54, 1.807) is 0 Å². The molecule has 0 N–H and O–H groups in total. The number of Topliss-reactive ketones (excluding diaryl/α,β-unsaturated/α-hetero) is 1. The van der Waals surface area contributed by atoms with Gasteiger partial charge in [0.25, 0.3) is 0 Å². The Kier molecular flexibility index (Phi) is 5.35. The summed E-state index contributed by atoms with van der Waals surface area (Å²) in [6.45, 7) is 6.52. The van der Waals surface area contributed by atoms with E-state index >= 15 is 0 Å². The van der Waals surface area contributed by atoms with Crippen molar-refractivity contribution < 1.29 is 26.4 Å². The molecule has 1 aliphatic heterocycles. The predicted octanol–water partition coefficient (Wildman–Crippen LogP) is -0.0914. The molecule has 2 heterocycles. The highest BCUT2D eigenvalue weighted by Gasteiger charge is 2.25. The van der Waals surface area contributed by atoms with Crippen LogP contribution >= 0.6 is 0 Å². The molecule has 0 fully saturated rings. The topological polar surface area (TPSA) is 25.0 Å². The van der Waals surface area contributed by atoms with Crippen molar-refractivity contribution in [3.8, 4) is 0 Å². The number of ketones is 1. The van der Waals surface area contributed by atoms with Crippen molar-refractivity contribution in [1.29, 1.82) is 0 Å². The molecule has 3 nitrogen and oxygen atoms in total. The summed E-state index contributed by atoms with van der Waals surface area (Å²) in [5.74, 6) is 0.195. The van der Waals surface area contributed by atoms with Gasteiger partial charge in [0, 0.05) is 18.2 Å². The highest BCUT2D eigenvalue weighted by molar-refractivity contribution is 5.99. The average Bonchev–Trinajstić information content (AvgIpc) is 2.96. The molecule has 0 amide bonds. The minimum absolute atomic E-state index is 0. The van der Waals surface area contributed by atoms with Gasteiger partial charge in [-0.2, -0.15) is 0 Å². The molecule has 1 aromatic carbocycles. The van der Waals surface area contributed by atoms with Gasteiger partial charge in [0.05, 0.1) is 6.54 Å². The van der Waals surface area contributed by atoms with E-state index in [1.807, 2.05) is 31.2 Å². The zero-order chi connectivity index (χ0) is 14.8. The number of benzene rings is 1. The maximum atomic E-state index is 12.5. The van der Waals surface area contributed by atoms with E-state index in [1.165, 1.54) is 17.0 Å². The molecule has 0 atom stereocenters. The van der Waals surface area contributed by atoms with Crippen molar-refractivity contribution in [3.63, 3.8) is 0 Å². The Morgan fingerprint density at radius 3 is 2.64 bits per heavy atom. The van der Waals surface area contributed by atoms with Crippen LogP contribution in [0.25, 0.3) is 0 Å². The summed E-state index contributed by atoms with van der Waals surface area (Å²) in [5.41, 5.74) is 4.51. The molecule has 4 heteroatoms. The largest absolute Gasteiger partial charge is 1.00 e. The van der Waals surface area contributed by atoms with Crippen LogP contribution in [0.1, 0.15) is 35.0 Å². The van der Waals surface area contributed by atoms with Crippen LogP contribution in [0, 0.1) is 6.92 Å². The first-order valence-electron chi connectivity index (χ1n) is 7.55. The van der Waals surface area contributed by atoms with Crippen LogP contribution in [0.2, 0.25) is 0 Å². The first-order chi connectivity index (χ1) is 10.2. The maximum absolute atomic E-state index is 12.5. The van der Waals surface area contributed by atoms with Crippen LogP contribution in [0.4, 0.5) is 0 Å². The Morgan fingerprint density at radius 1 is 1.23 bits per heavy atom. The second-order valence-corrected chi connectivity index (χ2v) is 5.60. The lowest BCUT2D eigenvalue weighted by molar-refractivity contribution is -0.519. The normalized spacial score (nSPS) is 13.5. The van der Waals surface area contributed by atoms with E-state index in [-0.39, 0.29) is 22.8 Å². The minimum atomic E-state index is 0. The van der Waals surface area contributed by atoms with Gasteiger partial charge in [-0.25, -0.2) is 4.58 Å². The van der Waals surface area contributed by atoms with Gasteiger partial charge >= 0.3 is 0 Å². The molecule has 0 saturated carbocycles. The number of hydrogen-bond acceptors (Lipinski definition) is 1. The first-order valence-corrected chi connectivity index (χ1v) is 7.55. The summed E-state index contributed by atoms with van der Waals surface area (Å²) in [5, 5.41) is 0. The molecule has 116 valence electrons. The fourth-order valence-electron chi connectivity index (χ4n) is 2.98. The number of aryl methyl sites for hydroxylation is 1. The molecule has 0 saturated heterocycles. The van der Waals surface area contributed by atoms with Crippen LogP contribution in [0.3, 0.4) is 0 Å². The fraction of sp³-hybridized carbons (Fsp3) is 0.333. The number of nitrogens with zero attached hydrogens (tertiary/aromatic N) is 2. The molecule has 0 spiro atoms. The molecule has 1 aromatic heterocycles. The van der Waals surface area contributed by atoms with Crippen LogP contribution in [0.5, 0.6) is 0 Å². The average molecular weight is 361 g/mol. The molecular weight excluding hydrogens is 340 g/mol. The van der Waals surface area contributed by atoms with Gasteiger partial charge in [-0.15, -0.1) is 0 Å². The standard InChI is InChI=1S/C18H21N2O.BrH/c1-3-16-17-5-4-10-19(17)11-12-20(16)13-18(21)15-8-6-14(2)7-9-15;/h4-10H,3,11-13H2,1-2H3;1H/q+1;/p-1. The number of hydrogen-bond donors (Lipinski definition) is 0. The number of carbonyl (C=O) groups is 1. The third-order valence-corrected chi connectivity index (χ3v) is 4.16. The SMILES string of the molecule is CCC1=[N+](CC(=O)c2ccc(C)cc2)CCn2cccc21.[Br-]. The van der Waals surface area contributed by atoms with Crippen LogP contribution in [-0.2, 0) is 6.54 Å². The Morgan fingerprint density at radius 2 is 1.95 bits per heavy atom. The monoisotopic (exact) mass is 360 g/mol. The number of carbonyl (C=O) groups excluding carboxylic acids is 1. The zero-order valence-electron chi connectivity index (χ0n) is 13.1. The lowest BCUT2D eigenvalue weighted by Gasteiger charge is -2.17. The molecule has 0 unspecified atom stereocenters. The highest BCUT2D eigenvalue weighted by Crippen LogP contribution is 2.13. The van der Waals surface area contributed by atoms with Gasteiger partial charge in [-0.1, -0.05) is 36.8 Å². The quantitative estimate of drug-likeness (QED) is 0.552. The van der Waals surface area contributed by atoms with E-state index in [4.69, 9.17) is 0 Å². The number of aromatic nitrogens is 1. The van der Waals surface area contributed by atoms with Gasteiger partial charge in [-0.3, -0.25) is 4.79 Å². The number of fused-ring (bicyclic) bond motifs is 1. The first kappa shape index (κ1) is 16.7. The molecule has 0 bridgehead atoms. The second-order valence-electron chi connectivity index (χ2n) is 5.60. The van der Waals surface area contributed by atoms with Gasteiger partial charge in [0.2, 0.25) is 12.3 Å². The van der Waals surface area contributed by atoms with Crippen molar-refractivity contribution in [2.45, 2.75) is 26.8 Å². The Hall–Kier alpha value is -1.68. The van der Waals surface area contributed by atoms with Crippen molar-refractivity contribution >= 4 is 11.5 Å². The zero-order valence-corrected chi connectivity index (χ0v) is 14.6. The fourth-order valence-corrected chi connectivity index (χ4v) is 2.98. The summed E-state index contributed by atoms with van der Waals surface area (Å²) in [6, 6.07) is 12.1. The molecule has 0 aliphatic carbocycles. The molecule has 1 aliphatic rings. The van der Waals surface area contributed by atoms with E-state index in [0.29, 0.717) is 6.54 Å². The summed E-state index contributed by atoms with van der Waals surface area (Å²) in [7, 11) is 0. The molecule has 22 heavy (non-hydrogen) atoms.